The maximum absolute atomic E-state index is 9.23. The van der Waals surface area contributed by atoms with Gasteiger partial charge in [0.1, 0.15) is 0 Å². The summed E-state index contributed by atoms with van der Waals surface area (Å²) in [6.07, 6.45) is 6.74. The molecule has 0 saturated heterocycles. The molecule has 2 aliphatic carbocycles. The van der Waals surface area contributed by atoms with Crippen molar-refractivity contribution in [1.82, 2.24) is 5.32 Å². The van der Waals surface area contributed by atoms with Crippen LogP contribution in [0, 0.1) is 11.3 Å². The van der Waals surface area contributed by atoms with E-state index in [1.165, 1.54) is 25.7 Å². The van der Waals surface area contributed by atoms with Crippen LogP contribution in [0.2, 0.25) is 0 Å². The van der Waals surface area contributed by atoms with Gasteiger partial charge in [-0.3, -0.25) is 0 Å². The van der Waals surface area contributed by atoms with Crippen LogP contribution in [-0.4, -0.2) is 23.8 Å². The van der Waals surface area contributed by atoms with E-state index in [4.69, 9.17) is 0 Å². The van der Waals surface area contributed by atoms with Gasteiger partial charge in [0.05, 0.1) is 6.61 Å². The number of aliphatic hydroxyl groups excluding tert-OH is 1. The lowest BCUT2D eigenvalue weighted by Gasteiger charge is -2.39. The fraction of sp³-hybridized carbons (Fsp3) is 1.00. The number of aliphatic hydroxyl groups is 1. The van der Waals surface area contributed by atoms with Gasteiger partial charge in [-0.2, -0.15) is 0 Å². The first kappa shape index (κ1) is 10.4. The largest absolute Gasteiger partial charge is 0.395 e. The molecule has 0 radical (unpaired) electrons. The zero-order chi connectivity index (χ0) is 10.2. The average molecular weight is 197 g/mol. The van der Waals surface area contributed by atoms with Crippen molar-refractivity contribution < 1.29 is 5.11 Å². The Balaban J connectivity index is 1.67. The van der Waals surface area contributed by atoms with Crippen molar-refractivity contribution in [3.63, 3.8) is 0 Å². The smallest absolute Gasteiger partial charge is 0.0584 e. The Kier molecular flexibility index (Phi) is 2.85. The van der Waals surface area contributed by atoms with Gasteiger partial charge in [0.2, 0.25) is 0 Å². The Morgan fingerprint density at radius 2 is 2.00 bits per heavy atom. The van der Waals surface area contributed by atoms with Crippen molar-refractivity contribution in [1.29, 1.82) is 0 Å². The molecule has 2 rings (SSSR count). The summed E-state index contributed by atoms with van der Waals surface area (Å²) in [4.78, 5) is 0. The Hall–Kier alpha value is -0.0800. The highest BCUT2D eigenvalue weighted by Crippen LogP contribution is 2.60. The molecule has 2 saturated carbocycles. The predicted molar refractivity (Wildman–Crippen MR) is 58.2 cm³/mol. The van der Waals surface area contributed by atoms with Crippen LogP contribution in [0.4, 0.5) is 0 Å². The molecule has 82 valence electrons. The first-order valence-corrected chi connectivity index (χ1v) is 6.00. The van der Waals surface area contributed by atoms with Crippen molar-refractivity contribution in [3.05, 3.63) is 0 Å². The minimum Gasteiger partial charge on any atom is -0.395 e. The van der Waals surface area contributed by atoms with Crippen molar-refractivity contribution in [2.75, 3.05) is 6.61 Å². The number of hydrogen-bond acceptors (Lipinski definition) is 2. The molecule has 0 aromatic rings. The maximum Gasteiger partial charge on any atom is 0.0584 e. The van der Waals surface area contributed by atoms with E-state index < -0.39 is 0 Å². The highest BCUT2D eigenvalue weighted by Gasteiger charge is 2.52. The van der Waals surface area contributed by atoms with Gasteiger partial charge >= 0.3 is 0 Å². The number of nitrogens with one attached hydrogen (secondary N) is 1. The van der Waals surface area contributed by atoms with Crippen LogP contribution in [0.5, 0.6) is 0 Å². The van der Waals surface area contributed by atoms with Crippen LogP contribution in [0.15, 0.2) is 0 Å². The van der Waals surface area contributed by atoms with Crippen LogP contribution in [0.1, 0.15) is 46.0 Å². The topological polar surface area (TPSA) is 32.3 Å². The molecule has 0 aliphatic heterocycles. The highest BCUT2D eigenvalue weighted by atomic mass is 16.3. The van der Waals surface area contributed by atoms with Crippen molar-refractivity contribution >= 4 is 0 Å². The lowest BCUT2D eigenvalue weighted by molar-refractivity contribution is 0.145. The Morgan fingerprint density at radius 3 is 2.43 bits per heavy atom. The molecular formula is C12H23NO. The lowest BCUT2D eigenvalue weighted by Crippen LogP contribution is -2.48. The van der Waals surface area contributed by atoms with Gasteiger partial charge in [0.15, 0.2) is 0 Å². The molecule has 2 nitrogen and oxygen atoms in total. The molecular weight excluding hydrogens is 174 g/mol. The third-order valence-corrected chi connectivity index (χ3v) is 3.76. The Labute approximate surface area is 87.1 Å². The fourth-order valence-electron chi connectivity index (χ4n) is 2.79. The number of rotatable bonds is 5. The van der Waals surface area contributed by atoms with Crippen LogP contribution < -0.4 is 5.32 Å². The SMILES string of the molecule is CC(C)CC(CO)NC1CC2(CC2)C1. The summed E-state index contributed by atoms with van der Waals surface area (Å²) in [5, 5.41) is 12.8. The van der Waals surface area contributed by atoms with Crippen LogP contribution >= 0.6 is 0 Å². The van der Waals surface area contributed by atoms with Crippen LogP contribution in [0.3, 0.4) is 0 Å². The van der Waals surface area contributed by atoms with Crippen molar-refractivity contribution in [2.24, 2.45) is 11.3 Å². The van der Waals surface area contributed by atoms with E-state index in [0.717, 1.165) is 11.8 Å². The molecule has 0 bridgehead atoms. The quantitative estimate of drug-likeness (QED) is 0.706. The van der Waals surface area contributed by atoms with E-state index in [9.17, 15) is 5.11 Å². The van der Waals surface area contributed by atoms with E-state index in [0.29, 0.717) is 24.6 Å². The van der Waals surface area contributed by atoms with E-state index >= 15 is 0 Å². The third kappa shape index (κ3) is 2.29. The second-order valence-corrected chi connectivity index (χ2v) is 5.78. The predicted octanol–water partition coefficient (Wildman–Crippen LogP) is 1.93. The van der Waals surface area contributed by atoms with Gasteiger partial charge in [-0.15, -0.1) is 0 Å². The molecule has 2 N–H and O–H groups in total. The summed E-state index contributed by atoms with van der Waals surface area (Å²) in [5.41, 5.74) is 0.773. The molecule has 14 heavy (non-hydrogen) atoms. The van der Waals surface area contributed by atoms with E-state index in [1.54, 1.807) is 0 Å². The second-order valence-electron chi connectivity index (χ2n) is 5.78. The molecule has 0 aromatic heterocycles. The fourth-order valence-corrected chi connectivity index (χ4v) is 2.79. The van der Waals surface area contributed by atoms with Gasteiger partial charge in [-0.25, -0.2) is 0 Å². The number of hydrogen-bond donors (Lipinski definition) is 2. The molecule has 0 amide bonds. The van der Waals surface area contributed by atoms with Gasteiger partial charge in [-0.05, 0) is 43.4 Å². The van der Waals surface area contributed by atoms with Gasteiger partial charge in [0.25, 0.3) is 0 Å². The zero-order valence-electron chi connectivity index (χ0n) is 9.42. The van der Waals surface area contributed by atoms with E-state index in [2.05, 4.69) is 19.2 Å². The lowest BCUT2D eigenvalue weighted by atomic mass is 9.76. The molecule has 2 aliphatic rings. The summed E-state index contributed by atoms with van der Waals surface area (Å²) in [5.74, 6) is 0.676. The monoisotopic (exact) mass is 197 g/mol. The molecule has 1 atom stereocenters. The standard InChI is InChI=1S/C12H23NO/c1-9(2)5-10(8-14)13-11-6-12(7-11)3-4-12/h9-11,13-14H,3-8H2,1-2H3. The average Bonchev–Trinajstić information content (AvgIpc) is 2.81. The molecule has 2 heteroatoms. The second kappa shape index (κ2) is 3.82. The van der Waals surface area contributed by atoms with Gasteiger partial charge in [-0.1, -0.05) is 13.8 Å². The van der Waals surface area contributed by atoms with Crippen molar-refractivity contribution in [3.8, 4) is 0 Å². The minimum atomic E-state index is 0.293. The Bertz CT molecular complexity index is 190. The normalized spacial score (nSPS) is 26.6. The van der Waals surface area contributed by atoms with Gasteiger partial charge < -0.3 is 10.4 Å². The molecule has 0 heterocycles. The highest BCUT2D eigenvalue weighted by molar-refractivity contribution is 5.07. The molecule has 2 fully saturated rings. The summed E-state index contributed by atoms with van der Waals surface area (Å²) in [6.45, 7) is 4.72. The molecule has 1 spiro atoms. The zero-order valence-corrected chi connectivity index (χ0v) is 9.42. The first-order valence-electron chi connectivity index (χ1n) is 6.00. The summed E-state index contributed by atoms with van der Waals surface area (Å²) in [7, 11) is 0. The van der Waals surface area contributed by atoms with E-state index in [-0.39, 0.29) is 0 Å². The summed E-state index contributed by atoms with van der Waals surface area (Å²) < 4.78 is 0. The summed E-state index contributed by atoms with van der Waals surface area (Å²) >= 11 is 0. The van der Waals surface area contributed by atoms with Crippen LogP contribution in [0.25, 0.3) is 0 Å². The van der Waals surface area contributed by atoms with E-state index in [1.807, 2.05) is 0 Å². The maximum atomic E-state index is 9.23. The minimum absolute atomic E-state index is 0.293. The first-order chi connectivity index (χ1) is 6.63. The Morgan fingerprint density at radius 1 is 1.36 bits per heavy atom. The van der Waals surface area contributed by atoms with Gasteiger partial charge in [0, 0.05) is 12.1 Å². The molecule has 0 aromatic carbocycles. The third-order valence-electron chi connectivity index (χ3n) is 3.76. The summed E-state index contributed by atoms with van der Waals surface area (Å²) in [6, 6.07) is 1.03. The van der Waals surface area contributed by atoms with Crippen LogP contribution in [-0.2, 0) is 0 Å². The molecule has 1 unspecified atom stereocenters. The van der Waals surface area contributed by atoms with Crippen molar-refractivity contribution in [2.45, 2.75) is 58.0 Å².